The number of aromatic nitrogens is 2. The van der Waals surface area contributed by atoms with Gasteiger partial charge in [0.05, 0.1) is 12.1 Å². The van der Waals surface area contributed by atoms with Crippen molar-refractivity contribution < 1.29 is 5.11 Å². The average Bonchev–Trinajstić information content (AvgIpc) is 2.94. The fraction of sp³-hybridized carbons (Fsp3) is 0.714. The minimum Gasteiger partial charge on any atom is -0.391 e. The Bertz CT molecular complexity index is 548. The zero-order valence-corrected chi connectivity index (χ0v) is 11.9. The van der Waals surface area contributed by atoms with E-state index in [9.17, 15) is 5.11 Å². The highest BCUT2D eigenvalue weighted by molar-refractivity contribution is 6.30. The second-order valence-electron chi connectivity index (χ2n) is 6.30. The Morgan fingerprint density at radius 2 is 2.00 bits per heavy atom. The summed E-state index contributed by atoms with van der Waals surface area (Å²) in [4.78, 5) is 11.1. The van der Waals surface area contributed by atoms with Crippen LogP contribution < -0.4 is 4.90 Å². The molecule has 1 aromatic rings. The predicted molar refractivity (Wildman–Crippen MR) is 73.4 cm³/mol. The van der Waals surface area contributed by atoms with Gasteiger partial charge in [-0.3, -0.25) is 0 Å². The van der Waals surface area contributed by atoms with E-state index < -0.39 is 0 Å². The van der Waals surface area contributed by atoms with Crippen LogP contribution in [0.5, 0.6) is 0 Å². The van der Waals surface area contributed by atoms with E-state index in [-0.39, 0.29) is 12.1 Å². The van der Waals surface area contributed by atoms with Crippen molar-refractivity contribution in [3.63, 3.8) is 0 Å². The van der Waals surface area contributed by atoms with Gasteiger partial charge in [0.2, 0.25) is 0 Å². The van der Waals surface area contributed by atoms with Gasteiger partial charge >= 0.3 is 0 Å². The van der Waals surface area contributed by atoms with Crippen molar-refractivity contribution >= 4 is 17.4 Å². The van der Waals surface area contributed by atoms with E-state index in [4.69, 9.17) is 11.6 Å². The summed E-state index contributed by atoms with van der Waals surface area (Å²) < 4.78 is 0. The molecular formula is C14H18ClN3O. The van der Waals surface area contributed by atoms with Crippen molar-refractivity contribution in [1.82, 2.24) is 9.97 Å². The summed E-state index contributed by atoms with van der Waals surface area (Å²) in [5, 5.41) is 11.0. The third-order valence-electron chi connectivity index (χ3n) is 5.29. The smallest absolute Gasteiger partial charge is 0.137 e. The third-order valence-corrected chi connectivity index (χ3v) is 5.66. The molecule has 1 saturated heterocycles. The van der Waals surface area contributed by atoms with Gasteiger partial charge in [0.1, 0.15) is 16.8 Å². The van der Waals surface area contributed by atoms with Crippen LogP contribution in [-0.2, 0) is 0 Å². The fourth-order valence-electron chi connectivity index (χ4n) is 4.52. The van der Waals surface area contributed by atoms with Gasteiger partial charge in [-0.1, -0.05) is 11.6 Å². The van der Waals surface area contributed by atoms with Crippen molar-refractivity contribution in [1.29, 1.82) is 0 Å². The van der Waals surface area contributed by atoms with Crippen LogP contribution in [0.15, 0.2) is 0 Å². The largest absolute Gasteiger partial charge is 0.391 e. The maximum atomic E-state index is 10.4. The molecule has 1 N–H and O–H groups in total. The van der Waals surface area contributed by atoms with Crippen LogP contribution in [0.1, 0.15) is 24.2 Å². The van der Waals surface area contributed by atoms with Gasteiger partial charge in [-0.2, -0.15) is 0 Å². The standard InChI is InChI=1S/C14H18ClN3O/c1-6-13(15)16-7(2)17-14(6)18-5-9-3-8-4-10(9)11(18)12(8)19/h8-12,19H,3-5H2,1-2H3. The van der Waals surface area contributed by atoms with Gasteiger partial charge in [-0.15, -0.1) is 0 Å². The summed E-state index contributed by atoms with van der Waals surface area (Å²) in [5.74, 6) is 3.51. The van der Waals surface area contributed by atoms with Crippen molar-refractivity contribution in [2.45, 2.75) is 38.8 Å². The number of fused-ring (bicyclic) bond motifs is 1. The lowest BCUT2D eigenvalue weighted by atomic mass is 9.88. The molecule has 102 valence electrons. The number of aliphatic hydroxyl groups is 1. The second-order valence-corrected chi connectivity index (χ2v) is 6.66. The molecule has 0 aromatic carbocycles. The van der Waals surface area contributed by atoms with Gasteiger partial charge in [0, 0.05) is 12.1 Å². The summed E-state index contributed by atoms with van der Waals surface area (Å²) in [5.41, 5.74) is 0.934. The summed E-state index contributed by atoms with van der Waals surface area (Å²) >= 11 is 6.18. The predicted octanol–water partition coefficient (Wildman–Crippen LogP) is 1.95. The third kappa shape index (κ3) is 1.50. The van der Waals surface area contributed by atoms with E-state index in [1.807, 2.05) is 13.8 Å². The molecule has 4 nitrogen and oxygen atoms in total. The molecule has 5 heteroatoms. The van der Waals surface area contributed by atoms with E-state index in [2.05, 4.69) is 14.9 Å². The quantitative estimate of drug-likeness (QED) is 0.799. The van der Waals surface area contributed by atoms with Gasteiger partial charge in [-0.05, 0) is 44.4 Å². The first-order chi connectivity index (χ1) is 9.06. The maximum Gasteiger partial charge on any atom is 0.137 e. The molecule has 4 rings (SSSR count). The Labute approximate surface area is 117 Å². The van der Waals surface area contributed by atoms with Crippen molar-refractivity contribution in [2.75, 3.05) is 11.4 Å². The van der Waals surface area contributed by atoms with Crippen molar-refractivity contribution in [3.8, 4) is 0 Å². The van der Waals surface area contributed by atoms with E-state index in [1.54, 1.807) is 0 Å². The van der Waals surface area contributed by atoms with Crippen LogP contribution >= 0.6 is 11.6 Å². The topological polar surface area (TPSA) is 49.2 Å². The lowest BCUT2D eigenvalue weighted by Gasteiger charge is -2.30. The molecule has 5 atom stereocenters. The monoisotopic (exact) mass is 279 g/mol. The zero-order valence-electron chi connectivity index (χ0n) is 11.2. The van der Waals surface area contributed by atoms with E-state index in [0.717, 1.165) is 23.8 Å². The highest BCUT2D eigenvalue weighted by Gasteiger charge is 2.59. The molecule has 0 amide bonds. The SMILES string of the molecule is Cc1nc(Cl)c(C)c(N2CC3CC4CC3C2C4O)n1. The zero-order chi connectivity index (χ0) is 13.3. The Balaban J connectivity index is 1.78. The molecule has 1 aromatic heterocycles. The number of aryl methyl sites for hydroxylation is 1. The molecular weight excluding hydrogens is 262 g/mol. The van der Waals surface area contributed by atoms with Gasteiger partial charge in [0.25, 0.3) is 0 Å². The van der Waals surface area contributed by atoms with Crippen LogP contribution in [-0.4, -0.2) is 33.8 Å². The molecule has 2 saturated carbocycles. The van der Waals surface area contributed by atoms with Gasteiger partial charge < -0.3 is 10.0 Å². The first-order valence-corrected chi connectivity index (χ1v) is 7.39. The maximum absolute atomic E-state index is 10.4. The summed E-state index contributed by atoms with van der Waals surface area (Å²) in [7, 11) is 0. The van der Waals surface area contributed by atoms with Crippen LogP contribution in [0.2, 0.25) is 5.15 Å². The molecule has 19 heavy (non-hydrogen) atoms. The number of halogens is 1. The molecule has 2 aliphatic carbocycles. The summed E-state index contributed by atoms with van der Waals surface area (Å²) in [6, 6.07) is 0.243. The molecule has 1 aliphatic heterocycles. The van der Waals surface area contributed by atoms with Crippen LogP contribution in [0, 0.1) is 31.6 Å². The lowest BCUT2D eigenvalue weighted by Crippen LogP contribution is -2.41. The molecule has 2 heterocycles. The van der Waals surface area contributed by atoms with Crippen LogP contribution in [0.4, 0.5) is 5.82 Å². The number of hydrogen-bond donors (Lipinski definition) is 1. The number of nitrogens with zero attached hydrogens (tertiary/aromatic N) is 3. The molecule has 5 unspecified atom stereocenters. The van der Waals surface area contributed by atoms with E-state index >= 15 is 0 Å². The van der Waals surface area contributed by atoms with Crippen LogP contribution in [0.3, 0.4) is 0 Å². The molecule has 0 spiro atoms. The van der Waals surface area contributed by atoms with E-state index in [1.165, 1.54) is 12.8 Å². The molecule has 0 radical (unpaired) electrons. The summed E-state index contributed by atoms with van der Waals surface area (Å²) in [6.07, 6.45) is 2.16. The van der Waals surface area contributed by atoms with Crippen molar-refractivity contribution in [2.24, 2.45) is 17.8 Å². The van der Waals surface area contributed by atoms with Gasteiger partial charge in [0.15, 0.2) is 0 Å². The molecule has 3 aliphatic rings. The fourth-order valence-corrected chi connectivity index (χ4v) is 4.73. The molecule has 2 bridgehead atoms. The number of hydrogen-bond acceptors (Lipinski definition) is 4. The minimum absolute atomic E-state index is 0.197. The Kier molecular flexibility index (Phi) is 2.40. The number of aliphatic hydroxyl groups excluding tert-OH is 1. The summed E-state index contributed by atoms with van der Waals surface area (Å²) in [6.45, 7) is 4.85. The first-order valence-electron chi connectivity index (χ1n) is 7.01. The Hall–Kier alpha value is -0.870. The Morgan fingerprint density at radius 1 is 1.21 bits per heavy atom. The lowest BCUT2D eigenvalue weighted by molar-refractivity contribution is 0.0965. The van der Waals surface area contributed by atoms with Gasteiger partial charge in [-0.25, -0.2) is 9.97 Å². The second kappa shape index (κ2) is 3.83. The molecule has 3 fully saturated rings. The average molecular weight is 280 g/mol. The number of rotatable bonds is 1. The van der Waals surface area contributed by atoms with Crippen LogP contribution in [0.25, 0.3) is 0 Å². The first kappa shape index (κ1) is 11.9. The highest BCUT2D eigenvalue weighted by atomic mass is 35.5. The number of anilines is 1. The minimum atomic E-state index is -0.197. The van der Waals surface area contributed by atoms with E-state index in [0.29, 0.717) is 22.8 Å². The normalized spacial score (nSPS) is 39.4. The Morgan fingerprint density at radius 3 is 2.74 bits per heavy atom. The highest BCUT2D eigenvalue weighted by Crippen LogP contribution is 2.55. The van der Waals surface area contributed by atoms with Crippen molar-refractivity contribution in [3.05, 3.63) is 16.5 Å².